The van der Waals surface area contributed by atoms with E-state index in [0.717, 1.165) is 18.7 Å². The van der Waals surface area contributed by atoms with E-state index in [4.69, 9.17) is 0 Å². The summed E-state index contributed by atoms with van der Waals surface area (Å²) in [6.07, 6.45) is 3.44. The van der Waals surface area contributed by atoms with Crippen molar-refractivity contribution in [1.82, 2.24) is 4.90 Å². The number of hydrogen-bond donors (Lipinski definition) is 1. The van der Waals surface area contributed by atoms with Gasteiger partial charge in [-0.15, -0.1) is 0 Å². The minimum Gasteiger partial charge on any atom is -0.375 e. The van der Waals surface area contributed by atoms with Gasteiger partial charge < -0.3 is 5.32 Å². The molecule has 1 aliphatic carbocycles. The Morgan fingerprint density at radius 1 is 1.38 bits per heavy atom. The predicted molar refractivity (Wildman–Crippen MR) is 85.5 cm³/mol. The largest absolute Gasteiger partial charge is 0.375 e. The highest BCUT2D eigenvalue weighted by atomic mass is 16.1. The van der Waals surface area contributed by atoms with E-state index in [-0.39, 0.29) is 11.8 Å². The van der Waals surface area contributed by atoms with Crippen molar-refractivity contribution in [1.29, 1.82) is 0 Å². The van der Waals surface area contributed by atoms with E-state index < -0.39 is 0 Å². The highest BCUT2D eigenvalue weighted by molar-refractivity contribution is 5.90. The summed E-state index contributed by atoms with van der Waals surface area (Å²) >= 11 is 0. The number of fused-ring (bicyclic) bond motifs is 1. The quantitative estimate of drug-likeness (QED) is 0.859. The van der Waals surface area contributed by atoms with Crippen LogP contribution in [0.25, 0.3) is 6.08 Å². The molecule has 2 aliphatic heterocycles. The molecule has 0 spiro atoms. The second-order valence-corrected chi connectivity index (χ2v) is 6.88. The van der Waals surface area contributed by atoms with Gasteiger partial charge in [-0.2, -0.15) is 0 Å². The van der Waals surface area contributed by atoms with E-state index in [9.17, 15) is 4.79 Å². The number of carbonyl (C=O) groups is 1. The lowest BCUT2D eigenvalue weighted by Crippen LogP contribution is -2.34. The van der Waals surface area contributed by atoms with Crippen molar-refractivity contribution in [3.63, 3.8) is 0 Å². The first kappa shape index (κ1) is 13.1. The van der Waals surface area contributed by atoms with Crippen molar-refractivity contribution in [2.24, 2.45) is 5.92 Å². The van der Waals surface area contributed by atoms with Crippen LogP contribution < -0.4 is 5.32 Å². The number of nitrogens with one attached hydrogen (secondary N) is 1. The molecule has 1 aromatic carbocycles. The summed E-state index contributed by atoms with van der Waals surface area (Å²) in [7, 11) is 2.21. The number of rotatable bonds is 1. The number of ketones is 1. The maximum absolute atomic E-state index is 12.1. The molecule has 110 valence electrons. The summed E-state index contributed by atoms with van der Waals surface area (Å²) in [6.45, 7) is 5.15. The Hall–Kier alpha value is -1.61. The normalized spacial score (nSPS) is 33.8. The number of Topliss-reactive ketones (excluding diaryl/α,β-unsaturated/α-hetero) is 1. The molecule has 0 aromatic heterocycles. The van der Waals surface area contributed by atoms with Crippen LogP contribution >= 0.6 is 0 Å². The van der Waals surface area contributed by atoms with Crippen LogP contribution in [-0.2, 0) is 4.79 Å². The second kappa shape index (κ2) is 4.44. The number of nitrogens with zero attached hydrogens (tertiary/aromatic N) is 1. The van der Waals surface area contributed by atoms with Gasteiger partial charge in [0.15, 0.2) is 5.78 Å². The second-order valence-electron chi connectivity index (χ2n) is 6.88. The van der Waals surface area contributed by atoms with Gasteiger partial charge in [-0.25, -0.2) is 0 Å². The molecule has 1 unspecified atom stereocenters. The molecule has 3 aliphatic rings. The van der Waals surface area contributed by atoms with E-state index in [1.807, 2.05) is 0 Å². The van der Waals surface area contributed by atoms with Gasteiger partial charge in [0, 0.05) is 24.2 Å². The molecule has 2 heterocycles. The maximum Gasteiger partial charge on any atom is 0.152 e. The van der Waals surface area contributed by atoms with Gasteiger partial charge in [-0.3, -0.25) is 9.69 Å². The van der Waals surface area contributed by atoms with E-state index in [2.05, 4.69) is 48.5 Å². The first-order valence-corrected chi connectivity index (χ1v) is 7.88. The molecule has 21 heavy (non-hydrogen) atoms. The summed E-state index contributed by atoms with van der Waals surface area (Å²) in [4.78, 5) is 14.5. The van der Waals surface area contributed by atoms with Crippen molar-refractivity contribution in [3.05, 3.63) is 34.9 Å². The maximum atomic E-state index is 12.1. The Balaban J connectivity index is 1.88. The molecular weight excluding hydrogens is 260 g/mol. The average molecular weight is 282 g/mol. The third kappa shape index (κ3) is 1.80. The van der Waals surface area contributed by atoms with Gasteiger partial charge >= 0.3 is 0 Å². The van der Waals surface area contributed by atoms with E-state index in [1.165, 1.54) is 11.1 Å². The third-order valence-electron chi connectivity index (χ3n) is 5.51. The Morgan fingerprint density at radius 3 is 2.95 bits per heavy atom. The topological polar surface area (TPSA) is 32.3 Å². The van der Waals surface area contributed by atoms with Crippen LogP contribution in [-0.4, -0.2) is 36.4 Å². The standard InChI is InChI=1S/C18H22N2O/c1-10-9-20(3)16-8-14-17-12(7-13(10)16)5-4-6-15(17)19-18(14)11(2)21/h4-7,10,14,16,18-19H,8-9H2,1-3H3/t10-,14-,16+,18?/m0/s1. The Labute approximate surface area is 126 Å². The average Bonchev–Trinajstić information content (AvgIpc) is 2.85. The van der Waals surface area contributed by atoms with Crippen LogP contribution in [0, 0.1) is 5.92 Å². The molecule has 3 heteroatoms. The lowest BCUT2D eigenvalue weighted by Gasteiger charge is -2.25. The zero-order valence-electron chi connectivity index (χ0n) is 12.9. The van der Waals surface area contributed by atoms with Gasteiger partial charge in [-0.1, -0.05) is 25.1 Å². The van der Waals surface area contributed by atoms with Crippen molar-refractivity contribution in [3.8, 4) is 0 Å². The minimum atomic E-state index is -0.0572. The van der Waals surface area contributed by atoms with Gasteiger partial charge in [0.25, 0.3) is 0 Å². The molecule has 4 rings (SSSR count). The molecular formula is C18H22N2O. The molecule has 1 aromatic rings. The number of anilines is 1. The third-order valence-corrected chi connectivity index (χ3v) is 5.51. The summed E-state index contributed by atoms with van der Waals surface area (Å²) in [5.41, 5.74) is 5.38. The van der Waals surface area contributed by atoms with Crippen LogP contribution in [0.15, 0.2) is 23.8 Å². The number of benzene rings is 1. The van der Waals surface area contributed by atoms with Crippen LogP contribution in [0.1, 0.15) is 37.3 Å². The van der Waals surface area contributed by atoms with Crippen molar-refractivity contribution in [2.45, 2.75) is 38.3 Å². The van der Waals surface area contributed by atoms with Gasteiger partial charge in [-0.05, 0) is 49.1 Å². The lowest BCUT2D eigenvalue weighted by atomic mass is 9.86. The molecule has 4 atom stereocenters. The SMILES string of the molecule is CC(=O)C1Nc2cccc3c2[C@@H]1C[C@@H]1C(=C3)[C@@H](C)CN1C. The van der Waals surface area contributed by atoms with Crippen molar-refractivity contribution in [2.75, 3.05) is 18.9 Å². The minimum absolute atomic E-state index is 0.0572. The zero-order chi connectivity index (χ0) is 14.7. The van der Waals surface area contributed by atoms with Crippen LogP contribution in [0.4, 0.5) is 5.69 Å². The summed E-state index contributed by atoms with van der Waals surface area (Å²) in [5.74, 6) is 1.16. The van der Waals surface area contributed by atoms with Crippen molar-refractivity contribution < 1.29 is 4.79 Å². The van der Waals surface area contributed by atoms with Gasteiger partial charge in [0.2, 0.25) is 0 Å². The van der Waals surface area contributed by atoms with Gasteiger partial charge in [0.1, 0.15) is 0 Å². The first-order chi connectivity index (χ1) is 10.1. The predicted octanol–water partition coefficient (Wildman–Crippen LogP) is 2.89. The molecule has 0 amide bonds. The number of likely N-dealkylation sites (N-methyl/N-ethyl adjacent to an activating group) is 1. The highest BCUT2D eigenvalue weighted by Crippen LogP contribution is 2.47. The molecule has 1 N–H and O–H groups in total. The van der Waals surface area contributed by atoms with E-state index in [0.29, 0.717) is 17.9 Å². The highest BCUT2D eigenvalue weighted by Gasteiger charge is 2.43. The Morgan fingerprint density at radius 2 is 2.19 bits per heavy atom. The van der Waals surface area contributed by atoms with Crippen LogP contribution in [0.3, 0.4) is 0 Å². The molecule has 0 saturated carbocycles. The summed E-state index contributed by atoms with van der Waals surface area (Å²) in [6, 6.07) is 6.84. The zero-order valence-corrected chi connectivity index (χ0v) is 12.9. The monoisotopic (exact) mass is 282 g/mol. The van der Waals surface area contributed by atoms with E-state index >= 15 is 0 Å². The molecule has 3 nitrogen and oxygen atoms in total. The van der Waals surface area contributed by atoms with Gasteiger partial charge in [0.05, 0.1) is 6.04 Å². The van der Waals surface area contributed by atoms with Crippen LogP contribution in [0.2, 0.25) is 0 Å². The Kier molecular flexibility index (Phi) is 2.77. The van der Waals surface area contributed by atoms with Crippen LogP contribution in [0.5, 0.6) is 0 Å². The number of carbonyl (C=O) groups excluding carboxylic acids is 1. The molecule has 1 fully saturated rings. The molecule has 0 bridgehead atoms. The number of likely N-dealkylation sites (tertiary alicyclic amines) is 1. The lowest BCUT2D eigenvalue weighted by molar-refractivity contribution is -0.118. The summed E-state index contributed by atoms with van der Waals surface area (Å²) in [5, 5.41) is 3.45. The molecule has 0 radical (unpaired) electrons. The fourth-order valence-corrected chi connectivity index (χ4v) is 4.54. The molecule has 1 saturated heterocycles. The fourth-order valence-electron chi connectivity index (χ4n) is 4.54. The first-order valence-electron chi connectivity index (χ1n) is 7.88. The fraction of sp³-hybridized carbons (Fsp3) is 0.500. The van der Waals surface area contributed by atoms with Crippen molar-refractivity contribution >= 4 is 17.5 Å². The smallest absolute Gasteiger partial charge is 0.152 e. The van der Waals surface area contributed by atoms with E-state index in [1.54, 1.807) is 12.5 Å². The Bertz CT molecular complexity index is 649. The number of hydrogen-bond acceptors (Lipinski definition) is 3. The summed E-state index contributed by atoms with van der Waals surface area (Å²) < 4.78 is 0.